The van der Waals surface area contributed by atoms with Gasteiger partial charge in [-0.25, -0.2) is 42.1 Å². The van der Waals surface area contributed by atoms with Crippen molar-refractivity contribution < 1.29 is 17.2 Å². The summed E-state index contributed by atoms with van der Waals surface area (Å²) in [6.45, 7) is 1.15. The summed E-state index contributed by atoms with van der Waals surface area (Å²) in [6.07, 6.45) is 4.02. The van der Waals surface area contributed by atoms with Gasteiger partial charge in [0.2, 0.25) is 10.0 Å². The SMILES string of the molecule is CS(=O)(=O)N1CCN(c2cccc(-c3ccnc(-c4cnc5cnc(C(F)F)cn45)n3)n2)C1. The molecular formula is C20H18F2N8O2S. The predicted octanol–water partition coefficient (Wildman–Crippen LogP) is 2.22. The summed E-state index contributed by atoms with van der Waals surface area (Å²) in [4.78, 5) is 23.3. The van der Waals surface area contributed by atoms with Gasteiger partial charge in [-0.1, -0.05) is 6.07 Å². The molecule has 0 radical (unpaired) electrons. The minimum atomic E-state index is -3.28. The van der Waals surface area contributed by atoms with Gasteiger partial charge >= 0.3 is 0 Å². The minimum Gasteiger partial charge on any atom is -0.341 e. The molecule has 0 unspecified atom stereocenters. The van der Waals surface area contributed by atoms with Gasteiger partial charge in [-0.3, -0.25) is 4.40 Å². The predicted molar refractivity (Wildman–Crippen MR) is 116 cm³/mol. The Bertz CT molecular complexity index is 1440. The largest absolute Gasteiger partial charge is 0.341 e. The van der Waals surface area contributed by atoms with Crippen molar-refractivity contribution in [1.82, 2.24) is 33.6 Å². The molecule has 10 nitrogen and oxygen atoms in total. The Hall–Kier alpha value is -3.58. The quantitative estimate of drug-likeness (QED) is 0.435. The summed E-state index contributed by atoms with van der Waals surface area (Å²) >= 11 is 0. The van der Waals surface area contributed by atoms with Crippen LogP contribution < -0.4 is 4.90 Å². The molecule has 1 fully saturated rings. The lowest BCUT2D eigenvalue weighted by molar-refractivity contribution is 0.145. The molecule has 13 heteroatoms. The molecule has 0 aromatic carbocycles. The maximum atomic E-state index is 13.1. The van der Waals surface area contributed by atoms with Gasteiger partial charge in [0.25, 0.3) is 6.43 Å². The number of halogens is 2. The molecule has 4 aromatic rings. The van der Waals surface area contributed by atoms with E-state index in [1.54, 1.807) is 24.4 Å². The molecule has 1 aliphatic heterocycles. The lowest BCUT2D eigenvalue weighted by Gasteiger charge is -2.18. The van der Waals surface area contributed by atoms with Crippen LogP contribution in [0.2, 0.25) is 0 Å². The van der Waals surface area contributed by atoms with Crippen LogP contribution in [0.15, 0.2) is 49.1 Å². The zero-order chi connectivity index (χ0) is 23.2. The van der Waals surface area contributed by atoms with E-state index in [4.69, 9.17) is 0 Å². The second-order valence-corrected chi connectivity index (χ2v) is 9.46. The molecule has 5 rings (SSSR count). The van der Waals surface area contributed by atoms with Crippen LogP contribution in [0.25, 0.3) is 28.6 Å². The topological polar surface area (TPSA) is 109 Å². The fourth-order valence-corrected chi connectivity index (χ4v) is 4.33. The Morgan fingerprint density at radius 3 is 2.58 bits per heavy atom. The molecule has 0 spiro atoms. The first kappa shape index (κ1) is 21.3. The number of hydrogen-bond acceptors (Lipinski definition) is 8. The van der Waals surface area contributed by atoms with E-state index >= 15 is 0 Å². The fourth-order valence-electron chi connectivity index (χ4n) is 3.57. The van der Waals surface area contributed by atoms with E-state index in [1.807, 2.05) is 11.0 Å². The molecule has 0 saturated carbocycles. The summed E-state index contributed by atoms with van der Waals surface area (Å²) in [5.74, 6) is 0.921. The molecule has 1 aliphatic rings. The maximum Gasteiger partial charge on any atom is 0.281 e. The number of rotatable bonds is 5. The van der Waals surface area contributed by atoms with Gasteiger partial charge < -0.3 is 4.90 Å². The fraction of sp³-hybridized carbons (Fsp3) is 0.250. The van der Waals surface area contributed by atoms with Crippen LogP contribution in [0.4, 0.5) is 14.6 Å². The number of nitrogens with zero attached hydrogens (tertiary/aromatic N) is 8. The maximum absolute atomic E-state index is 13.1. The molecule has 33 heavy (non-hydrogen) atoms. The van der Waals surface area contributed by atoms with Crippen molar-refractivity contribution in [3.8, 4) is 22.9 Å². The van der Waals surface area contributed by atoms with Crippen molar-refractivity contribution >= 4 is 21.5 Å². The van der Waals surface area contributed by atoms with Crippen LogP contribution in [-0.4, -0.2) is 68.1 Å². The van der Waals surface area contributed by atoms with Crippen LogP contribution in [0.5, 0.6) is 0 Å². The van der Waals surface area contributed by atoms with Crippen molar-refractivity contribution in [3.63, 3.8) is 0 Å². The highest BCUT2D eigenvalue weighted by Gasteiger charge is 2.27. The smallest absolute Gasteiger partial charge is 0.281 e. The Balaban J connectivity index is 1.48. The molecule has 170 valence electrons. The van der Waals surface area contributed by atoms with Crippen LogP contribution in [0, 0.1) is 0 Å². The summed E-state index contributed by atoms with van der Waals surface area (Å²) in [7, 11) is -3.28. The van der Waals surface area contributed by atoms with Crippen molar-refractivity contribution in [3.05, 3.63) is 54.7 Å². The molecule has 4 aromatic heterocycles. The molecule has 0 aliphatic carbocycles. The van der Waals surface area contributed by atoms with Gasteiger partial charge in [0.1, 0.15) is 17.2 Å². The van der Waals surface area contributed by atoms with E-state index in [0.717, 1.165) is 0 Å². The third kappa shape index (κ3) is 4.12. The molecule has 1 saturated heterocycles. The zero-order valence-corrected chi connectivity index (χ0v) is 18.2. The second kappa shape index (κ2) is 8.08. The molecule has 0 atom stereocenters. The second-order valence-electron chi connectivity index (χ2n) is 7.47. The normalized spacial score (nSPS) is 15.1. The first-order valence-electron chi connectivity index (χ1n) is 9.92. The molecule has 0 amide bonds. The summed E-state index contributed by atoms with van der Waals surface area (Å²) in [6, 6.07) is 7.10. The van der Waals surface area contributed by atoms with Crippen LogP contribution in [0.3, 0.4) is 0 Å². The van der Waals surface area contributed by atoms with Gasteiger partial charge in [-0.2, -0.15) is 4.31 Å². The molecular weight excluding hydrogens is 454 g/mol. The van der Waals surface area contributed by atoms with E-state index in [2.05, 4.69) is 24.9 Å². The number of hydrogen-bond donors (Lipinski definition) is 0. The van der Waals surface area contributed by atoms with Crippen LogP contribution >= 0.6 is 0 Å². The molecule has 0 bridgehead atoms. The van der Waals surface area contributed by atoms with E-state index in [9.17, 15) is 17.2 Å². The monoisotopic (exact) mass is 472 g/mol. The van der Waals surface area contributed by atoms with Crippen molar-refractivity contribution in [2.75, 3.05) is 30.9 Å². The molecule has 0 N–H and O–H groups in total. The van der Waals surface area contributed by atoms with E-state index in [0.29, 0.717) is 47.5 Å². The summed E-state index contributed by atoms with van der Waals surface area (Å²) in [5, 5.41) is 0. The number of aromatic nitrogens is 6. The van der Waals surface area contributed by atoms with Crippen molar-refractivity contribution in [2.45, 2.75) is 6.43 Å². The lowest BCUT2D eigenvalue weighted by Crippen LogP contribution is -2.30. The standard InChI is InChI=1S/C20H18F2N8O2S/c1-33(31,32)29-8-7-28(12-29)17-4-2-3-13(26-17)14-5-6-23-20(27-14)16-9-25-18-10-24-15(19(21)22)11-30(16)18/h2-6,9-11,19H,7-8,12H2,1H3. The number of sulfonamides is 1. The number of alkyl halides is 2. The highest BCUT2D eigenvalue weighted by molar-refractivity contribution is 7.88. The number of imidazole rings is 1. The summed E-state index contributed by atoms with van der Waals surface area (Å²) < 4.78 is 52.7. The van der Waals surface area contributed by atoms with Crippen molar-refractivity contribution in [2.24, 2.45) is 0 Å². The van der Waals surface area contributed by atoms with Crippen molar-refractivity contribution in [1.29, 1.82) is 0 Å². The zero-order valence-electron chi connectivity index (χ0n) is 17.4. The van der Waals surface area contributed by atoms with Gasteiger partial charge in [-0.15, -0.1) is 0 Å². The third-order valence-corrected chi connectivity index (χ3v) is 6.50. The highest BCUT2D eigenvalue weighted by atomic mass is 32.2. The average Bonchev–Trinajstić information content (AvgIpc) is 3.46. The highest BCUT2D eigenvalue weighted by Crippen LogP contribution is 2.25. The Morgan fingerprint density at radius 2 is 1.82 bits per heavy atom. The molecule has 5 heterocycles. The Kier molecular flexibility index (Phi) is 5.21. The van der Waals surface area contributed by atoms with Crippen LogP contribution in [0.1, 0.15) is 12.1 Å². The van der Waals surface area contributed by atoms with Gasteiger partial charge in [0.05, 0.1) is 36.7 Å². The van der Waals surface area contributed by atoms with E-state index < -0.39 is 16.4 Å². The number of anilines is 1. The first-order chi connectivity index (χ1) is 15.8. The Morgan fingerprint density at radius 1 is 1.00 bits per heavy atom. The van der Waals surface area contributed by atoms with E-state index in [-0.39, 0.29) is 12.4 Å². The lowest BCUT2D eigenvalue weighted by atomic mass is 10.2. The third-order valence-electron chi connectivity index (χ3n) is 5.26. The minimum absolute atomic E-state index is 0.229. The van der Waals surface area contributed by atoms with Gasteiger partial charge in [-0.05, 0) is 18.2 Å². The van der Waals surface area contributed by atoms with Gasteiger partial charge in [0.15, 0.2) is 11.5 Å². The van der Waals surface area contributed by atoms with Gasteiger partial charge in [0, 0.05) is 25.5 Å². The van der Waals surface area contributed by atoms with E-state index in [1.165, 1.54) is 33.6 Å². The first-order valence-corrected chi connectivity index (χ1v) is 11.8. The average molecular weight is 472 g/mol. The summed E-state index contributed by atoms with van der Waals surface area (Å²) in [5.41, 5.74) is 1.56. The number of pyridine rings is 1. The van der Waals surface area contributed by atoms with Crippen LogP contribution in [-0.2, 0) is 10.0 Å². The number of fused-ring (bicyclic) bond motifs is 1. The Labute approximate surface area is 187 Å².